The minimum Gasteiger partial charge on any atom is -0.378 e. The Balaban J connectivity index is 1.53. The monoisotopic (exact) mass is 448 g/mol. The van der Waals surface area contributed by atoms with Gasteiger partial charge in [0, 0.05) is 13.1 Å². The van der Waals surface area contributed by atoms with Gasteiger partial charge in [0.15, 0.2) is 5.16 Å². The fourth-order valence-corrected chi connectivity index (χ4v) is 4.73. The number of anilines is 1. The highest BCUT2D eigenvalue weighted by Crippen LogP contribution is 2.35. The molecule has 1 fully saturated rings. The zero-order valence-corrected chi connectivity index (χ0v) is 18.8. The van der Waals surface area contributed by atoms with Crippen LogP contribution >= 0.6 is 11.8 Å². The number of nitrogens with zero attached hydrogens (tertiary/aromatic N) is 5. The van der Waals surface area contributed by atoms with Gasteiger partial charge in [0.1, 0.15) is 5.82 Å². The van der Waals surface area contributed by atoms with Crippen LogP contribution in [0.2, 0.25) is 0 Å². The van der Waals surface area contributed by atoms with Crippen molar-refractivity contribution in [1.29, 1.82) is 0 Å². The molecule has 32 heavy (non-hydrogen) atoms. The molecule has 3 heterocycles. The number of nitrogens with one attached hydrogen (secondary N) is 1. The van der Waals surface area contributed by atoms with Gasteiger partial charge in [-0.3, -0.25) is 9.36 Å². The maximum atomic E-state index is 12.5. The van der Waals surface area contributed by atoms with E-state index >= 15 is 0 Å². The lowest BCUT2D eigenvalue weighted by Gasteiger charge is -2.28. The summed E-state index contributed by atoms with van der Waals surface area (Å²) in [5, 5.41) is 10.3. The van der Waals surface area contributed by atoms with E-state index in [-0.39, 0.29) is 10.8 Å². The second kappa shape index (κ2) is 8.76. The first-order valence-corrected chi connectivity index (χ1v) is 11.5. The number of para-hydroxylation sites is 1. The number of aromatic amines is 1. The molecule has 1 unspecified atom stereocenters. The van der Waals surface area contributed by atoms with Gasteiger partial charge >= 0.3 is 0 Å². The van der Waals surface area contributed by atoms with Crippen LogP contribution in [0.15, 0.2) is 58.5 Å². The summed E-state index contributed by atoms with van der Waals surface area (Å²) in [6.07, 6.45) is 0. The first-order valence-electron chi connectivity index (χ1n) is 10.6. The van der Waals surface area contributed by atoms with Gasteiger partial charge in [0.05, 0.1) is 35.1 Å². The van der Waals surface area contributed by atoms with Gasteiger partial charge in [-0.15, -0.1) is 10.2 Å². The fourth-order valence-electron chi connectivity index (χ4n) is 3.81. The van der Waals surface area contributed by atoms with Crippen molar-refractivity contribution in [3.63, 3.8) is 0 Å². The van der Waals surface area contributed by atoms with Crippen LogP contribution in [0.25, 0.3) is 16.6 Å². The van der Waals surface area contributed by atoms with Crippen molar-refractivity contribution >= 4 is 28.6 Å². The van der Waals surface area contributed by atoms with Gasteiger partial charge in [0.25, 0.3) is 5.56 Å². The molecule has 1 saturated heterocycles. The number of thioether (sulfide) groups is 1. The second-order valence-corrected chi connectivity index (χ2v) is 9.09. The zero-order valence-electron chi connectivity index (χ0n) is 18.0. The third-order valence-electron chi connectivity index (χ3n) is 5.47. The van der Waals surface area contributed by atoms with Crippen molar-refractivity contribution in [3.8, 4) is 5.69 Å². The molecule has 8 nitrogen and oxygen atoms in total. The quantitative estimate of drug-likeness (QED) is 0.468. The van der Waals surface area contributed by atoms with Crippen LogP contribution in [0.5, 0.6) is 0 Å². The predicted molar refractivity (Wildman–Crippen MR) is 126 cm³/mol. The van der Waals surface area contributed by atoms with Crippen molar-refractivity contribution in [2.45, 2.75) is 24.3 Å². The van der Waals surface area contributed by atoms with Crippen molar-refractivity contribution in [2.75, 3.05) is 31.2 Å². The van der Waals surface area contributed by atoms with Gasteiger partial charge in [-0.25, -0.2) is 4.98 Å². The number of hydrogen-bond donors (Lipinski definition) is 1. The van der Waals surface area contributed by atoms with Crippen LogP contribution in [-0.2, 0) is 4.74 Å². The minimum absolute atomic E-state index is 0.127. The van der Waals surface area contributed by atoms with E-state index in [2.05, 4.69) is 54.8 Å². The molecule has 1 aliphatic rings. The van der Waals surface area contributed by atoms with E-state index in [1.54, 1.807) is 6.07 Å². The summed E-state index contributed by atoms with van der Waals surface area (Å²) < 4.78 is 7.60. The Hall–Kier alpha value is -3.17. The highest BCUT2D eigenvalue weighted by Gasteiger charge is 2.24. The number of rotatable bonds is 5. The molecule has 2 aromatic carbocycles. The Morgan fingerprint density at radius 1 is 1.09 bits per heavy atom. The normalized spacial score (nSPS) is 15.2. The SMILES string of the molecule is Cc1cccc(-n2c(SC(C)c3nc4ccccc4c(=O)[nH]3)nnc2N2CCOCC2)c1. The number of benzene rings is 2. The molecular weight excluding hydrogens is 424 g/mol. The Morgan fingerprint density at radius 3 is 2.72 bits per heavy atom. The highest BCUT2D eigenvalue weighted by molar-refractivity contribution is 7.99. The van der Waals surface area contributed by atoms with E-state index in [4.69, 9.17) is 4.74 Å². The van der Waals surface area contributed by atoms with Crippen molar-refractivity contribution < 1.29 is 4.74 Å². The van der Waals surface area contributed by atoms with Crippen LogP contribution in [0.3, 0.4) is 0 Å². The van der Waals surface area contributed by atoms with Crippen molar-refractivity contribution in [1.82, 2.24) is 24.7 Å². The Morgan fingerprint density at radius 2 is 1.91 bits per heavy atom. The Labute approximate surface area is 189 Å². The van der Waals surface area contributed by atoms with Crippen LogP contribution in [0, 0.1) is 6.92 Å². The third kappa shape index (κ3) is 4.01. The molecule has 0 bridgehead atoms. The Kier molecular flexibility index (Phi) is 5.67. The summed E-state index contributed by atoms with van der Waals surface area (Å²) in [4.78, 5) is 22.4. The fraction of sp³-hybridized carbons (Fsp3) is 0.304. The summed E-state index contributed by atoms with van der Waals surface area (Å²) in [5.41, 5.74) is 2.72. The van der Waals surface area contributed by atoms with E-state index in [0.717, 1.165) is 35.4 Å². The van der Waals surface area contributed by atoms with Gasteiger partial charge in [-0.05, 0) is 43.7 Å². The number of aryl methyl sites for hydroxylation is 1. The smallest absolute Gasteiger partial charge is 0.258 e. The molecule has 1 atom stereocenters. The summed E-state index contributed by atoms with van der Waals surface area (Å²) in [6, 6.07) is 15.7. The molecule has 2 aromatic heterocycles. The molecule has 1 aliphatic heterocycles. The summed E-state index contributed by atoms with van der Waals surface area (Å²) in [7, 11) is 0. The van der Waals surface area contributed by atoms with Gasteiger partial charge in [0.2, 0.25) is 5.95 Å². The van der Waals surface area contributed by atoms with E-state index in [1.165, 1.54) is 11.8 Å². The van der Waals surface area contributed by atoms with Crippen molar-refractivity contribution in [3.05, 3.63) is 70.3 Å². The topological polar surface area (TPSA) is 88.9 Å². The van der Waals surface area contributed by atoms with Gasteiger partial charge in [-0.2, -0.15) is 0 Å². The standard InChI is InChI=1S/C23H24N6O2S/c1-15-6-5-7-17(14-15)29-22(28-10-12-31-13-11-28)26-27-23(29)32-16(2)20-24-19-9-4-3-8-18(19)21(30)25-20/h3-9,14,16H,10-13H2,1-2H3,(H,24,25,30). The lowest BCUT2D eigenvalue weighted by Crippen LogP contribution is -2.37. The molecule has 0 amide bonds. The molecule has 0 saturated carbocycles. The summed E-state index contributed by atoms with van der Waals surface area (Å²) >= 11 is 1.52. The number of H-pyrrole nitrogens is 1. The largest absolute Gasteiger partial charge is 0.378 e. The molecule has 164 valence electrons. The average Bonchev–Trinajstić information content (AvgIpc) is 3.23. The molecule has 0 aliphatic carbocycles. The summed E-state index contributed by atoms with van der Waals surface area (Å²) in [6.45, 7) is 6.96. The van der Waals surface area contributed by atoms with Gasteiger partial charge < -0.3 is 14.6 Å². The number of hydrogen-bond acceptors (Lipinski definition) is 7. The lowest BCUT2D eigenvalue weighted by molar-refractivity contribution is 0.122. The maximum absolute atomic E-state index is 12.5. The number of morpholine rings is 1. The third-order valence-corrected chi connectivity index (χ3v) is 6.52. The first-order chi connectivity index (χ1) is 15.6. The number of fused-ring (bicyclic) bond motifs is 1. The molecular formula is C23H24N6O2S. The number of ether oxygens (including phenoxy) is 1. The second-order valence-electron chi connectivity index (χ2n) is 7.78. The van der Waals surface area contributed by atoms with Crippen LogP contribution in [0.1, 0.15) is 23.6 Å². The van der Waals surface area contributed by atoms with Crippen LogP contribution < -0.4 is 10.5 Å². The zero-order chi connectivity index (χ0) is 22.1. The Bertz CT molecular complexity index is 1310. The molecule has 1 N–H and O–H groups in total. The summed E-state index contributed by atoms with van der Waals surface area (Å²) in [5.74, 6) is 1.42. The van der Waals surface area contributed by atoms with E-state index in [1.807, 2.05) is 31.2 Å². The van der Waals surface area contributed by atoms with E-state index < -0.39 is 0 Å². The molecule has 4 aromatic rings. The predicted octanol–water partition coefficient (Wildman–Crippen LogP) is 3.50. The van der Waals surface area contributed by atoms with Gasteiger partial charge in [-0.1, -0.05) is 36.0 Å². The molecule has 0 radical (unpaired) electrons. The van der Waals surface area contributed by atoms with Crippen LogP contribution in [0.4, 0.5) is 5.95 Å². The maximum Gasteiger partial charge on any atom is 0.258 e. The lowest BCUT2D eigenvalue weighted by atomic mass is 10.2. The van der Waals surface area contributed by atoms with E-state index in [0.29, 0.717) is 29.9 Å². The average molecular weight is 449 g/mol. The minimum atomic E-state index is -0.132. The highest BCUT2D eigenvalue weighted by atomic mass is 32.2. The van der Waals surface area contributed by atoms with Crippen LogP contribution in [-0.4, -0.2) is 51.0 Å². The number of aromatic nitrogens is 5. The molecule has 5 rings (SSSR count). The van der Waals surface area contributed by atoms with E-state index in [9.17, 15) is 4.79 Å². The van der Waals surface area contributed by atoms with Crippen molar-refractivity contribution in [2.24, 2.45) is 0 Å². The first kappa shape index (κ1) is 20.7. The molecule has 9 heteroatoms. The molecule has 0 spiro atoms.